The number of rotatable bonds is 3. The topological polar surface area (TPSA) is 51.2 Å². The SMILES string of the molecule is COc1cc(Cl)c(C)cc1N1CCN(C(=O)c2ccc3c(c2)OCO3)CC1. The van der Waals surface area contributed by atoms with E-state index in [1.54, 1.807) is 25.3 Å². The zero-order valence-electron chi connectivity index (χ0n) is 15.3. The van der Waals surface area contributed by atoms with E-state index in [1.165, 1.54) is 0 Å². The number of nitrogens with zero attached hydrogens (tertiary/aromatic N) is 2. The predicted octanol–water partition coefficient (Wildman–Crippen LogP) is 3.35. The Balaban J connectivity index is 1.46. The number of methoxy groups -OCH3 is 1. The van der Waals surface area contributed by atoms with Crippen LogP contribution >= 0.6 is 11.6 Å². The minimum Gasteiger partial charge on any atom is -0.495 e. The van der Waals surface area contributed by atoms with Gasteiger partial charge in [0, 0.05) is 42.8 Å². The highest BCUT2D eigenvalue weighted by atomic mass is 35.5. The van der Waals surface area contributed by atoms with Crippen LogP contribution in [0.15, 0.2) is 30.3 Å². The molecule has 6 nitrogen and oxygen atoms in total. The van der Waals surface area contributed by atoms with E-state index in [0.717, 1.165) is 30.1 Å². The number of carbonyl (C=O) groups excluding carboxylic acids is 1. The highest BCUT2D eigenvalue weighted by Crippen LogP contribution is 2.35. The number of hydrogen-bond donors (Lipinski definition) is 0. The largest absolute Gasteiger partial charge is 0.495 e. The number of fused-ring (bicyclic) bond motifs is 1. The smallest absolute Gasteiger partial charge is 0.254 e. The lowest BCUT2D eigenvalue weighted by Crippen LogP contribution is -2.48. The van der Waals surface area contributed by atoms with Crippen molar-refractivity contribution in [1.82, 2.24) is 4.90 Å². The molecule has 1 saturated heterocycles. The number of ether oxygens (including phenoxy) is 3. The first-order chi connectivity index (χ1) is 13.1. The van der Waals surface area contributed by atoms with Crippen molar-refractivity contribution in [2.45, 2.75) is 6.92 Å². The van der Waals surface area contributed by atoms with E-state index in [-0.39, 0.29) is 12.7 Å². The number of anilines is 1. The van der Waals surface area contributed by atoms with Crippen LogP contribution in [0, 0.1) is 6.92 Å². The number of hydrogen-bond acceptors (Lipinski definition) is 5. The van der Waals surface area contributed by atoms with Crippen molar-refractivity contribution < 1.29 is 19.0 Å². The molecule has 0 saturated carbocycles. The summed E-state index contributed by atoms with van der Waals surface area (Å²) in [4.78, 5) is 16.9. The fourth-order valence-corrected chi connectivity index (χ4v) is 3.57. The molecular weight excluding hydrogens is 368 g/mol. The fourth-order valence-electron chi connectivity index (χ4n) is 3.42. The number of benzene rings is 2. The summed E-state index contributed by atoms with van der Waals surface area (Å²) in [6, 6.07) is 9.20. The van der Waals surface area contributed by atoms with Crippen LogP contribution in [-0.4, -0.2) is 50.9 Å². The molecule has 0 aliphatic carbocycles. The van der Waals surface area contributed by atoms with Crippen molar-refractivity contribution in [3.8, 4) is 17.2 Å². The Hall–Kier alpha value is -2.60. The Morgan fingerprint density at radius 3 is 2.56 bits per heavy atom. The lowest BCUT2D eigenvalue weighted by Gasteiger charge is -2.37. The van der Waals surface area contributed by atoms with E-state index in [4.69, 9.17) is 25.8 Å². The summed E-state index contributed by atoms with van der Waals surface area (Å²) >= 11 is 6.21. The van der Waals surface area contributed by atoms with Crippen molar-refractivity contribution in [2.24, 2.45) is 0 Å². The maximum atomic E-state index is 12.8. The first-order valence-corrected chi connectivity index (χ1v) is 9.22. The van der Waals surface area contributed by atoms with Gasteiger partial charge in [0.05, 0.1) is 12.8 Å². The van der Waals surface area contributed by atoms with Crippen LogP contribution in [0.1, 0.15) is 15.9 Å². The molecular formula is C20H21ClN2O4. The number of halogens is 1. The Labute approximate surface area is 163 Å². The molecule has 4 rings (SSSR count). The van der Waals surface area contributed by atoms with Crippen molar-refractivity contribution in [2.75, 3.05) is 45.0 Å². The summed E-state index contributed by atoms with van der Waals surface area (Å²) in [7, 11) is 1.64. The summed E-state index contributed by atoms with van der Waals surface area (Å²) in [5, 5.41) is 0.687. The van der Waals surface area contributed by atoms with Crippen LogP contribution in [0.25, 0.3) is 0 Å². The molecule has 142 valence electrons. The molecule has 0 radical (unpaired) electrons. The molecule has 0 spiro atoms. The Kier molecular flexibility index (Phi) is 4.74. The second-order valence-electron chi connectivity index (χ2n) is 6.62. The Morgan fingerprint density at radius 2 is 1.81 bits per heavy atom. The first-order valence-electron chi connectivity index (χ1n) is 8.85. The van der Waals surface area contributed by atoms with E-state index in [2.05, 4.69) is 4.90 Å². The van der Waals surface area contributed by atoms with E-state index in [1.807, 2.05) is 24.0 Å². The van der Waals surface area contributed by atoms with Gasteiger partial charge >= 0.3 is 0 Å². The van der Waals surface area contributed by atoms with Gasteiger partial charge in [0.25, 0.3) is 5.91 Å². The molecule has 2 aromatic carbocycles. The molecule has 0 N–H and O–H groups in total. The van der Waals surface area contributed by atoms with Gasteiger partial charge in [0.1, 0.15) is 5.75 Å². The summed E-state index contributed by atoms with van der Waals surface area (Å²) < 4.78 is 16.2. The van der Waals surface area contributed by atoms with E-state index in [0.29, 0.717) is 35.2 Å². The molecule has 0 atom stereocenters. The average molecular weight is 389 g/mol. The fraction of sp³-hybridized carbons (Fsp3) is 0.350. The molecule has 7 heteroatoms. The van der Waals surface area contributed by atoms with E-state index in [9.17, 15) is 4.79 Å². The maximum absolute atomic E-state index is 12.8. The predicted molar refractivity (Wildman–Crippen MR) is 103 cm³/mol. The second kappa shape index (κ2) is 7.19. The third-order valence-corrected chi connectivity index (χ3v) is 5.39. The van der Waals surface area contributed by atoms with Gasteiger partial charge in [-0.1, -0.05) is 11.6 Å². The highest BCUT2D eigenvalue weighted by Gasteiger charge is 2.25. The van der Waals surface area contributed by atoms with Gasteiger partial charge < -0.3 is 24.0 Å². The second-order valence-corrected chi connectivity index (χ2v) is 7.03. The highest BCUT2D eigenvalue weighted by molar-refractivity contribution is 6.31. The Morgan fingerprint density at radius 1 is 1.07 bits per heavy atom. The van der Waals surface area contributed by atoms with Crippen LogP contribution in [0.4, 0.5) is 5.69 Å². The molecule has 1 fully saturated rings. The number of carbonyl (C=O) groups is 1. The normalized spacial score (nSPS) is 15.8. The minimum atomic E-state index is 0.00667. The van der Waals surface area contributed by atoms with Gasteiger partial charge in [-0.25, -0.2) is 0 Å². The van der Waals surface area contributed by atoms with Crippen LogP contribution in [0.3, 0.4) is 0 Å². The molecule has 0 aromatic heterocycles. The van der Waals surface area contributed by atoms with E-state index < -0.39 is 0 Å². The number of piperazine rings is 1. The number of amides is 1. The molecule has 2 aromatic rings. The van der Waals surface area contributed by atoms with E-state index >= 15 is 0 Å². The van der Waals surface area contributed by atoms with Gasteiger partial charge in [0.2, 0.25) is 6.79 Å². The number of aryl methyl sites for hydroxylation is 1. The molecule has 1 amide bonds. The Bertz CT molecular complexity index is 879. The molecule has 27 heavy (non-hydrogen) atoms. The third kappa shape index (κ3) is 3.37. The third-order valence-electron chi connectivity index (χ3n) is 4.99. The van der Waals surface area contributed by atoms with Gasteiger partial charge in [-0.2, -0.15) is 0 Å². The lowest BCUT2D eigenvalue weighted by molar-refractivity contribution is 0.0746. The summed E-state index contributed by atoms with van der Waals surface area (Å²) in [6.07, 6.45) is 0. The summed E-state index contributed by atoms with van der Waals surface area (Å²) in [5.41, 5.74) is 2.63. The van der Waals surface area contributed by atoms with Crippen LogP contribution in [0.2, 0.25) is 5.02 Å². The van der Waals surface area contributed by atoms with Gasteiger partial charge in [0.15, 0.2) is 11.5 Å². The molecule has 0 unspecified atom stereocenters. The summed E-state index contributed by atoms with van der Waals surface area (Å²) in [6.45, 7) is 4.91. The zero-order valence-corrected chi connectivity index (χ0v) is 16.1. The minimum absolute atomic E-state index is 0.00667. The molecule has 2 aliphatic heterocycles. The van der Waals surface area contributed by atoms with Crippen molar-refractivity contribution in [3.63, 3.8) is 0 Å². The van der Waals surface area contributed by atoms with Gasteiger partial charge in [-0.15, -0.1) is 0 Å². The van der Waals surface area contributed by atoms with Crippen LogP contribution in [0.5, 0.6) is 17.2 Å². The van der Waals surface area contributed by atoms with Crippen LogP contribution in [-0.2, 0) is 0 Å². The van der Waals surface area contributed by atoms with Gasteiger partial charge in [-0.3, -0.25) is 4.79 Å². The average Bonchev–Trinajstić information content (AvgIpc) is 3.17. The first kappa shape index (κ1) is 17.8. The van der Waals surface area contributed by atoms with Gasteiger partial charge in [-0.05, 0) is 36.8 Å². The zero-order chi connectivity index (χ0) is 19.0. The monoisotopic (exact) mass is 388 g/mol. The molecule has 0 bridgehead atoms. The summed E-state index contributed by atoms with van der Waals surface area (Å²) in [5.74, 6) is 2.07. The van der Waals surface area contributed by atoms with Crippen molar-refractivity contribution in [1.29, 1.82) is 0 Å². The molecule has 2 aliphatic rings. The van der Waals surface area contributed by atoms with Crippen molar-refractivity contribution in [3.05, 3.63) is 46.5 Å². The quantitative estimate of drug-likeness (QED) is 0.807. The van der Waals surface area contributed by atoms with Crippen molar-refractivity contribution >= 4 is 23.2 Å². The maximum Gasteiger partial charge on any atom is 0.254 e. The standard InChI is InChI=1S/C20H21ClN2O4/c1-13-9-16(18(25-2)11-15(13)21)22-5-7-23(8-6-22)20(24)14-3-4-17-19(10-14)27-12-26-17/h3-4,9-11H,5-8,12H2,1-2H3. The molecule has 2 heterocycles. The van der Waals surface area contributed by atoms with Crippen LogP contribution < -0.4 is 19.1 Å². The lowest BCUT2D eigenvalue weighted by atomic mass is 10.1.